The summed E-state index contributed by atoms with van der Waals surface area (Å²) >= 11 is 5.14. The average molecular weight is 311 g/mol. The molecule has 1 atom stereocenters. The van der Waals surface area contributed by atoms with E-state index < -0.39 is 0 Å². The molecule has 90 valence electrons. The van der Waals surface area contributed by atoms with Gasteiger partial charge in [-0.3, -0.25) is 0 Å². The molecule has 2 rings (SSSR count). The summed E-state index contributed by atoms with van der Waals surface area (Å²) in [6.07, 6.45) is 0.919. The molecule has 1 aromatic heterocycles. The Morgan fingerprint density at radius 2 is 2.06 bits per heavy atom. The van der Waals surface area contributed by atoms with Crippen LogP contribution in [0.2, 0.25) is 0 Å². The number of halogens is 1. The molecule has 0 aliphatic carbocycles. The second-order valence-corrected chi connectivity index (χ2v) is 6.02. The third-order valence-electron chi connectivity index (χ3n) is 2.75. The Labute approximate surface area is 114 Å². The zero-order chi connectivity index (χ0) is 12.3. The smallest absolute Gasteiger partial charge is 0.0897 e. The molecule has 0 amide bonds. The molecule has 1 heterocycles. The van der Waals surface area contributed by atoms with Gasteiger partial charge in [-0.2, -0.15) is 0 Å². The molecule has 0 aliphatic heterocycles. The van der Waals surface area contributed by atoms with Gasteiger partial charge in [-0.1, -0.05) is 28.1 Å². The van der Waals surface area contributed by atoms with Crippen LogP contribution in [0.4, 0.5) is 0 Å². The Bertz CT molecular complexity index is 478. The largest absolute Gasteiger partial charge is 0.330 e. The van der Waals surface area contributed by atoms with E-state index in [1.165, 1.54) is 5.56 Å². The summed E-state index contributed by atoms with van der Waals surface area (Å²) in [6, 6.07) is 8.37. The molecule has 1 unspecified atom stereocenters. The Morgan fingerprint density at radius 3 is 2.59 bits per heavy atom. The molecule has 2 N–H and O–H groups in total. The minimum Gasteiger partial charge on any atom is -0.330 e. The summed E-state index contributed by atoms with van der Waals surface area (Å²) in [5, 5.41) is 3.24. The maximum Gasteiger partial charge on any atom is 0.0897 e. The van der Waals surface area contributed by atoms with E-state index in [1.54, 1.807) is 11.3 Å². The van der Waals surface area contributed by atoms with Crippen molar-refractivity contribution < 1.29 is 0 Å². The van der Waals surface area contributed by atoms with Crippen molar-refractivity contribution in [1.29, 1.82) is 0 Å². The highest BCUT2D eigenvalue weighted by molar-refractivity contribution is 9.10. The summed E-state index contributed by atoms with van der Waals surface area (Å²) in [4.78, 5) is 4.50. The van der Waals surface area contributed by atoms with Gasteiger partial charge >= 0.3 is 0 Å². The van der Waals surface area contributed by atoms with Gasteiger partial charge in [0, 0.05) is 15.8 Å². The number of aryl methyl sites for hydroxylation is 1. The molecule has 0 bridgehead atoms. The van der Waals surface area contributed by atoms with Crippen LogP contribution in [0.3, 0.4) is 0 Å². The lowest BCUT2D eigenvalue weighted by atomic mass is 9.95. The van der Waals surface area contributed by atoms with Crippen LogP contribution in [0.1, 0.15) is 22.2 Å². The van der Waals surface area contributed by atoms with E-state index in [2.05, 4.69) is 50.6 Å². The van der Waals surface area contributed by atoms with Gasteiger partial charge in [0.05, 0.1) is 10.7 Å². The van der Waals surface area contributed by atoms with E-state index in [1.807, 2.05) is 6.92 Å². The predicted molar refractivity (Wildman–Crippen MR) is 76.5 cm³/mol. The Kier molecular flexibility index (Phi) is 4.31. The van der Waals surface area contributed by atoms with Crippen LogP contribution < -0.4 is 5.73 Å². The highest BCUT2D eigenvalue weighted by atomic mass is 79.9. The molecular weight excluding hydrogens is 296 g/mol. The van der Waals surface area contributed by atoms with Crippen molar-refractivity contribution >= 4 is 27.3 Å². The zero-order valence-corrected chi connectivity index (χ0v) is 12.1. The molecule has 2 aromatic rings. The van der Waals surface area contributed by atoms with Crippen LogP contribution in [0.5, 0.6) is 0 Å². The third kappa shape index (κ3) is 3.37. The lowest BCUT2D eigenvalue weighted by Gasteiger charge is -2.13. The number of nitrogens with two attached hydrogens (primary N) is 1. The fourth-order valence-electron chi connectivity index (χ4n) is 1.83. The number of thiazole rings is 1. The molecular formula is C13H15BrN2S. The van der Waals surface area contributed by atoms with Gasteiger partial charge in [-0.25, -0.2) is 4.98 Å². The normalized spacial score (nSPS) is 12.6. The maximum absolute atomic E-state index is 5.86. The van der Waals surface area contributed by atoms with Crippen molar-refractivity contribution in [3.8, 4) is 0 Å². The van der Waals surface area contributed by atoms with Gasteiger partial charge in [0.25, 0.3) is 0 Å². The third-order valence-corrected chi connectivity index (χ3v) is 4.10. The van der Waals surface area contributed by atoms with E-state index in [9.17, 15) is 0 Å². The summed E-state index contributed by atoms with van der Waals surface area (Å²) in [7, 11) is 0. The van der Waals surface area contributed by atoms with Gasteiger partial charge in [0.2, 0.25) is 0 Å². The highest BCUT2D eigenvalue weighted by Crippen LogP contribution is 2.22. The molecule has 0 spiro atoms. The lowest BCUT2D eigenvalue weighted by molar-refractivity contribution is 0.683. The second-order valence-electron chi connectivity index (χ2n) is 4.05. The molecule has 0 fully saturated rings. The van der Waals surface area contributed by atoms with Crippen molar-refractivity contribution in [1.82, 2.24) is 4.98 Å². The van der Waals surface area contributed by atoms with Crippen LogP contribution in [0.25, 0.3) is 0 Å². The van der Waals surface area contributed by atoms with Gasteiger partial charge in [-0.05, 0) is 37.6 Å². The van der Waals surface area contributed by atoms with Crippen molar-refractivity contribution in [2.75, 3.05) is 6.54 Å². The number of hydrogen-bond acceptors (Lipinski definition) is 3. The average Bonchev–Trinajstić information content (AvgIpc) is 2.73. The van der Waals surface area contributed by atoms with E-state index in [4.69, 9.17) is 5.73 Å². The van der Waals surface area contributed by atoms with Gasteiger partial charge in [0.1, 0.15) is 0 Å². The van der Waals surface area contributed by atoms with Gasteiger partial charge in [0.15, 0.2) is 0 Å². The summed E-state index contributed by atoms with van der Waals surface area (Å²) < 4.78 is 1.10. The van der Waals surface area contributed by atoms with E-state index in [0.717, 1.165) is 21.6 Å². The van der Waals surface area contributed by atoms with Crippen LogP contribution >= 0.6 is 27.3 Å². The molecule has 2 nitrogen and oxygen atoms in total. The van der Waals surface area contributed by atoms with Crippen LogP contribution in [-0.4, -0.2) is 11.5 Å². The van der Waals surface area contributed by atoms with Crippen molar-refractivity contribution in [3.05, 3.63) is 50.4 Å². The topological polar surface area (TPSA) is 38.9 Å². The fraction of sp³-hybridized carbons (Fsp3) is 0.308. The zero-order valence-electron chi connectivity index (χ0n) is 9.69. The van der Waals surface area contributed by atoms with E-state index >= 15 is 0 Å². The summed E-state index contributed by atoms with van der Waals surface area (Å²) in [6.45, 7) is 2.68. The number of benzene rings is 1. The molecule has 0 radical (unpaired) electrons. The SMILES string of the molecule is Cc1nc(CC(CN)c2ccc(Br)cc2)cs1. The van der Waals surface area contributed by atoms with Crippen molar-refractivity contribution in [2.24, 2.45) is 5.73 Å². The minimum atomic E-state index is 0.351. The van der Waals surface area contributed by atoms with Crippen molar-refractivity contribution in [2.45, 2.75) is 19.3 Å². The quantitative estimate of drug-likeness (QED) is 0.938. The van der Waals surface area contributed by atoms with Crippen LogP contribution in [0.15, 0.2) is 34.1 Å². The first kappa shape index (κ1) is 12.7. The molecule has 1 aromatic carbocycles. The van der Waals surface area contributed by atoms with E-state index in [0.29, 0.717) is 12.5 Å². The number of rotatable bonds is 4. The molecule has 4 heteroatoms. The molecule has 0 saturated carbocycles. The molecule has 0 saturated heterocycles. The van der Waals surface area contributed by atoms with Gasteiger partial charge < -0.3 is 5.73 Å². The highest BCUT2D eigenvalue weighted by Gasteiger charge is 2.12. The Morgan fingerprint density at radius 1 is 1.35 bits per heavy atom. The summed E-state index contributed by atoms with van der Waals surface area (Å²) in [5.41, 5.74) is 8.28. The number of aromatic nitrogens is 1. The maximum atomic E-state index is 5.86. The first-order valence-electron chi connectivity index (χ1n) is 5.55. The Hall–Kier alpha value is -0.710. The monoisotopic (exact) mass is 310 g/mol. The van der Waals surface area contributed by atoms with Gasteiger partial charge in [-0.15, -0.1) is 11.3 Å². The van der Waals surface area contributed by atoms with Crippen LogP contribution in [-0.2, 0) is 6.42 Å². The standard InChI is InChI=1S/C13H15BrN2S/c1-9-16-13(8-17-9)6-11(7-15)10-2-4-12(14)5-3-10/h2-5,8,11H,6-7,15H2,1H3. The van der Waals surface area contributed by atoms with E-state index in [-0.39, 0.29) is 0 Å². The molecule has 17 heavy (non-hydrogen) atoms. The van der Waals surface area contributed by atoms with Crippen LogP contribution in [0, 0.1) is 6.92 Å². The summed E-state index contributed by atoms with van der Waals surface area (Å²) in [5.74, 6) is 0.351. The lowest BCUT2D eigenvalue weighted by Crippen LogP contribution is -2.15. The first-order chi connectivity index (χ1) is 8.19. The minimum absolute atomic E-state index is 0.351. The predicted octanol–water partition coefficient (Wildman–Crippen LogP) is 3.50. The first-order valence-corrected chi connectivity index (χ1v) is 7.23. The molecule has 0 aliphatic rings. The van der Waals surface area contributed by atoms with Crippen molar-refractivity contribution in [3.63, 3.8) is 0 Å². The second kappa shape index (κ2) is 5.76. The number of hydrogen-bond donors (Lipinski definition) is 1. The Balaban J connectivity index is 2.13. The fourth-order valence-corrected chi connectivity index (χ4v) is 2.72. The number of nitrogens with zero attached hydrogens (tertiary/aromatic N) is 1.